The number of aliphatic hydroxyl groups excluding tert-OH is 1. The zero-order valence-electron chi connectivity index (χ0n) is 12.8. The van der Waals surface area contributed by atoms with Crippen LogP contribution in [0.2, 0.25) is 0 Å². The van der Waals surface area contributed by atoms with Gasteiger partial charge >= 0.3 is 0 Å². The lowest BCUT2D eigenvalue weighted by atomic mass is 10.0. The van der Waals surface area contributed by atoms with E-state index in [9.17, 15) is 14.7 Å². The van der Waals surface area contributed by atoms with Crippen molar-refractivity contribution >= 4 is 11.8 Å². The summed E-state index contributed by atoms with van der Waals surface area (Å²) in [5.74, 6) is -0.370. The van der Waals surface area contributed by atoms with Crippen LogP contribution in [0.1, 0.15) is 18.4 Å². The number of nitrogens with zero attached hydrogens (tertiary/aromatic N) is 1. The fourth-order valence-corrected chi connectivity index (χ4v) is 2.97. The van der Waals surface area contributed by atoms with E-state index in [-0.39, 0.29) is 31.3 Å². The maximum absolute atomic E-state index is 11.8. The molecule has 1 fully saturated rings. The molecule has 23 heavy (non-hydrogen) atoms. The van der Waals surface area contributed by atoms with Crippen molar-refractivity contribution < 1.29 is 14.7 Å². The molecule has 0 aromatic heterocycles. The molecule has 0 spiro atoms. The quantitative estimate of drug-likeness (QED) is 0.863. The third kappa shape index (κ3) is 3.32. The summed E-state index contributed by atoms with van der Waals surface area (Å²) >= 11 is 0. The molecule has 1 aliphatic rings. The highest BCUT2D eigenvalue weighted by atomic mass is 16.3. The van der Waals surface area contributed by atoms with Crippen LogP contribution in [-0.4, -0.2) is 34.5 Å². The molecule has 1 unspecified atom stereocenters. The van der Waals surface area contributed by atoms with Crippen molar-refractivity contribution in [2.45, 2.75) is 25.3 Å². The molecule has 0 saturated carbocycles. The second-order valence-electron chi connectivity index (χ2n) is 5.76. The Hall–Kier alpha value is -2.46. The smallest absolute Gasteiger partial charge is 0.230 e. The second kappa shape index (κ2) is 6.75. The predicted molar refractivity (Wildman–Crippen MR) is 87.5 cm³/mol. The number of aliphatic hydroxyl groups is 1. The van der Waals surface area contributed by atoms with Gasteiger partial charge in [0.1, 0.15) is 0 Å². The van der Waals surface area contributed by atoms with Crippen LogP contribution in [0, 0.1) is 0 Å². The van der Waals surface area contributed by atoms with Crippen molar-refractivity contribution in [1.29, 1.82) is 0 Å². The first kappa shape index (κ1) is 15.4. The van der Waals surface area contributed by atoms with Crippen LogP contribution in [0.4, 0.5) is 0 Å². The van der Waals surface area contributed by atoms with E-state index < -0.39 is 6.04 Å². The second-order valence-corrected chi connectivity index (χ2v) is 5.76. The third-order valence-electron chi connectivity index (χ3n) is 4.20. The zero-order chi connectivity index (χ0) is 16.2. The van der Waals surface area contributed by atoms with Crippen molar-refractivity contribution in [3.8, 4) is 11.1 Å². The van der Waals surface area contributed by atoms with Gasteiger partial charge in [-0.2, -0.15) is 0 Å². The Morgan fingerprint density at radius 1 is 0.870 bits per heavy atom. The fourth-order valence-electron chi connectivity index (χ4n) is 2.97. The molecule has 1 aliphatic heterocycles. The van der Waals surface area contributed by atoms with Crippen molar-refractivity contribution in [2.75, 3.05) is 6.61 Å². The Bertz CT molecular complexity index is 678. The van der Waals surface area contributed by atoms with E-state index in [1.807, 2.05) is 54.6 Å². The molecule has 118 valence electrons. The summed E-state index contributed by atoms with van der Waals surface area (Å²) in [5.41, 5.74) is 3.25. The molecule has 0 radical (unpaired) electrons. The standard InChI is InChI=1S/C19H19NO3/c21-13-17(20-18(22)10-11-19(20)23)12-14-6-8-16(9-7-14)15-4-2-1-3-5-15/h1-9,17,21H,10-13H2. The van der Waals surface area contributed by atoms with E-state index in [0.29, 0.717) is 6.42 Å². The third-order valence-corrected chi connectivity index (χ3v) is 4.20. The van der Waals surface area contributed by atoms with Gasteiger partial charge in [-0.15, -0.1) is 0 Å². The Morgan fingerprint density at radius 2 is 1.43 bits per heavy atom. The van der Waals surface area contributed by atoms with E-state index in [1.165, 1.54) is 4.90 Å². The van der Waals surface area contributed by atoms with Crippen molar-refractivity contribution in [1.82, 2.24) is 4.90 Å². The molecule has 2 amide bonds. The highest BCUT2D eigenvalue weighted by Crippen LogP contribution is 2.22. The average Bonchev–Trinajstić information content (AvgIpc) is 2.93. The lowest BCUT2D eigenvalue weighted by molar-refractivity contribution is -0.142. The topological polar surface area (TPSA) is 57.6 Å². The molecular formula is C19H19NO3. The number of benzene rings is 2. The van der Waals surface area contributed by atoms with Crippen molar-refractivity contribution in [3.63, 3.8) is 0 Å². The molecule has 4 nitrogen and oxygen atoms in total. The summed E-state index contributed by atoms with van der Waals surface area (Å²) in [6.07, 6.45) is 0.980. The van der Waals surface area contributed by atoms with Crippen LogP contribution in [-0.2, 0) is 16.0 Å². The number of amides is 2. The van der Waals surface area contributed by atoms with Gasteiger partial charge in [0.25, 0.3) is 0 Å². The average molecular weight is 309 g/mol. The number of hydrogen-bond acceptors (Lipinski definition) is 3. The lowest BCUT2D eigenvalue weighted by Gasteiger charge is -2.24. The summed E-state index contributed by atoms with van der Waals surface area (Å²) in [6.45, 7) is -0.210. The number of rotatable bonds is 5. The van der Waals surface area contributed by atoms with E-state index in [1.54, 1.807) is 0 Å². The molecule has 0 aliphatic carbocycles. The van der Waals surface area contributed by atoms with E-state index in [2.05, 4.69) is 0 Å². The van der Waals surface area contributed by atoms with Crippen LogP contribution in [0.15, 0.2) is 54.6 Å². The van der Waals surface area contributed by atoms with Gasteiger partial charge in [-0.3, -0.25) is 14.5 Å². The minimum atomic E-state index is -0.472. The van der Waals surface area contributed by atoms with E-state index in [0.717, 1.165) is 16.7 Å². The summed E-state index contributed by atoms with van der Waals surface area (Å²) < 4.78 is 0. The number of imide groups is 1. The van der Waals surface area contributed by atoms with Gasteiger partial charge in [0, 0.05) is 12.8 Å². The molecule has 1 heterocycles. The van der Waals surface area contributed by atoms with Gasteiger partial charge in [0.05, 0.1) is 12.6 Å². The van der Waals surface area contributed by atoms with Gasteiger partial charge in [0.15, 0.2) is 0 Å². The Labute approximate surface area is 135 Å². The van der Waals surface area contributed by atoms with Gasteiger partial charge in [-0.05, 0) is 23.1 Å². The molecule has 2 aromatic rings. The molecule has 1 atom stereocenters. The lowest BCUT2D eigenvalue weighted by Crippen LogP contribution is -2.43. The fraction of sp³-hybridized carbons (Fsp3) is 0.263. The highest BCUT2D eigenvalue weighted by Gasteiger charge is 2.34. The number of carbonyl (C=O) groups excluding carboxylic acids is 2. The predicted octanol–water partition coefficient (Wildman–Crippen LogP) is 2.41. The summed E-state index contributed by atoms with van der Waals surface area (Å²) in [6, 6.07) is 17.6. The maximum Gasteiger partial charge on any atom is 0.230 e. The van der Waals surface area contributed by atoms with Crippen LogP contribution >= 0.6 is 0 Å². The number of likely N-dealkylation sites (tertiary alicyclic amines) is 1. The van der Waals surface area contributed by atoms with E-state index in [4.69, 9.17) is 0 Å². The van der Waals surface area contributed by atoms with Crippen molar-refractivity contribution in [2.24, 2.45) is 0 Å². The van der Waals surface area contributed by atoms with Crippen molar-refractivity contribution in [3.05, 3.63) is 60.2 Å². The molecule has 1 N–H and O–H groups in total. The van der Waals surface area contributed by atoms with Gasteiger partial charge in [-0.1, -0.05) is 54.6 Å². The Kier molecular flexibility index (Phi) is 4.53. The highest BCUT2D eigenvalue weighted by molar-refractivity contribution is 6.02. The van der Waals surface area contributed by atoms with Crippen LogP contribution in [0.5, 0.6) is 0 Å². The maximum atomic E-state index is 11.8. The monoisotopic (exact) mass is 309 g/mol. The Balaban J connectivity index is 1.74. The van der Waals surface area contributed by atoms with Crippen LogP contribution < -0.4 is 0 Å². The molecule has 1 saturated heterocycles. The first-order valence-corrected chi connectivity index (χ1v) is 7.79. The minimum Gasteiger partial charge on any atom is -0.394 e. The minimum absolute atomic E-state index is 0.185. The molecule has 2 aromatic carbocycles. The van der Waals surface area contributed by atoms with Gasteiger partial charge in [-0.25, -0.2) is 0 Å². The normalized spacial score (nSPS) is 16.0. The summed E-state index contributed by atoms with van der Waals surface area (Å²) in [5, 5.41) is 9.57. The summed E-state index contributed by atoms with van der Waals surface area (Å²) in [4.78, 5) is 24.8. The number of carbonyl (C=O) groups is 2. The van der Waals surface area contributed by atoms with Gasteiger partial charge < -0.3 is 5.11 Å². The largest absolute Gasteiger partial charge is 0.394 e. The van der Waals surface area contributed by atoms with Gasteiger partial charge in [0.2, 0.25) is 11.8 Å². The van der Waals surface area contributed by atoms with Crippen LogP contribution in [0.25, 0.3) is 11.1 Å². The summed E-state index contributed by atoms with van der Waals surface area (Å²) in [7, 11) is 0. The zero-order valence-corrected chi connectivity index (χ0v) is 12.8. The molecular weight excluding hydrogens is 290 g/mol. The van der Waals surface area contributed by atoms with Crippen LogP contribution in [0.3, 0.4) is 0 Å². The molecule has 0 bridgehead atoms. The molecule has 3 rings (SSSR count). The number of hydrogen-bond donors (Lipinski definition) is 1. The Morgan fingerprint density at radius 3 is 2.00 bits per heavy atom. The first-order valence-electron chi connectivity index (χ1n) is 7.79. The molecule has 4 heteroatoms. The van der Waals surface area contributed by atoms with E-state index >= 15 is 0 Å². The first-order chi connectivity index (χ1) is 11.2. The SMILES string of the molecule is O=C1CCC(=O)N1C(CO)Cc1ccc(-c2ccccc2)cc1.